The van der Waals surface area contributed by atoms with Crippen molar-refractivity contribution in [1.82, 2.24) is 24.7 Å². The summed E-state index contributed by atoms with van der Waals surface area (Å²) in [4.78, 5) is 14.5. The molecule has 0 unspecified atom stereocenters. The first-order valence-corrected chi connectivity index (χ1v) is 11.0. The van der Waals surface area contributed by atoms with Gasteiger partial charge in [-0.15, -0.1) is 10.2 Å². The van der Waals surface area contributed by atoms with Crippen LogP contribution < -0.4 is 4.74 Å². The minimum atomic E-state index is 0.180. The van der Waals surface area contributed by atoms with Gasteiger partial charge in [0.2, 0.25) is 5.91 Å². The van der Waals surface area contributed by atoms with Crippen LogP contribution in [0.1, 0.15) is 26.7 Å². The average Bonchev–Trinajstić information content (AvgIpc) is 3.16. The first-order valence-electron chi connectivity index (χ1n) is 10.0. The van der Waals surface area contributed by atoms with Crippen molar-refractivity contribution >= 4 is 23.3 Å². The Morgan fingerprint density at radius 3 is 2.62 bits per heavy atom. The molecule has 1 amide bonds. The molecule has 1 fully saturated rings. The molecular formula is C21H25N5O2S. The Hall–Kier alpha value is -2.61. The van der Waals surface area contributed by atoms with E-state index in [9.17, 15) is 4.79 Å². The van der Waals surface area contributed by atoms with E-state index in [-0.39, 0.29) is 5.91 Å². The number of piperidine rings is 1. The number of fused-ring (bicyclic) bond motifs is 1. The SMILES string of the molecule is CCOc1ccc(-c2nnc3ccc(SCC(=O)N4CCC(C)CC4)nn23)cc1. The zero-order valence-electron chi connectivity index (χ0n) is 16.7. The van der Waals surface area contributed by atoms with Crippen molar-refractivity contribution in [2.24, 2.45) is 5.92 Å². The van der Waals surface area contributed by atoms with Crippen LogP contribution in [0.15, 0.2) is 41.4 Å². The predicted octanol–water partition coefficient (Wildman–Crippen LogP) is 3.54. The van der Waals surface area contributed by atoms with Crippen LogP contribution in [0.4, 0.5) is 0 Å². The minimum absolute atomic E-state index is 0.180. The van der Waals surface area contributed by atoms with Gasteiger partial charge in [0.05, 0.1) is 12.4 Å². The topological polar surface area (TPSA) is 72.6 Å². The standard InChI is InChI=1S/C21H25N5O2S/c1-3-28-17-6-4-16(5-7-17)21-23-22-18-8-9-19(24-26(18)21)29-14-20(27)25-12-10-15(2)11-13-25/h4-9,15H,3,10-14H2,1-2H3. The lowest BCUT2D eigenvalue weighted by Gasteiger charge is -2.30. The number of carbonyl (C=O) groups excluding carboxylic acids is 1. The number of likely N-dealkylation sites (tertiary alicyclic amines) is 1. The van der Waals surface area contributed by atoms with Gasteiger partial charge >= 0.3 is 0 Å². The lowest BCUT2D eigenvalue weighted by molar-refractivity contribution is -0.129. The Labute approximate surface area is 174 Å². The smallest absolute Gasteiger partial charge is 0.232 e. The largest absolute Gasteiger partial charge is 0.494 e. The molecule has 1 aromatic carbocycles. The second-order valence-corrected chi connectivity index (χ2v) is 8.27. The Bertz CT molecular complexity index is 980. The fraction of sp³-hybridized carbons (Fsp3) is 0.429. The monoisotopic (exact) mass is 411 g/mol. The second kappa shape index (κ2) is 8.82. The van der Waals surface area contributed by atoms with E-state index in [0.717, 1.165) is 42.3 Å². The molecule has 7 nitrogen and oxygen atoms in total. The summed E-state index contributed by atoms with van der Waals surface area (Å²) in [6.07, 6.45) is 2.18. The molecule has 1 aliphatic heterocycles. The lowest BCUT2D eigenvalue weighted by atomic mass is 9.99. The molecule has 152 valence electrons. The zero-order chi connectivity index (χ0) is 20.2. The Morgan fingerprint density at radius 2 is 1.90 bits per heavy atom. The highest BCUT2D eigenvalue weighted by atomic mass is 32.2. The summed E-state index contributed by atoms with van der Waals surface area (Å²) in [5, 5.41) is 13.9. The quantitative estimate of drug-likeness (QED) is 0.578. The molecule has 3 heterocycles. The maximum atomic E-state index is 12.5. The van der Waals surface area contributed by atoms with E-state index in [2.05, 4.69) is 22.2 Å². The van der Waals surface area contributed by atoms with Crippen molar-refractivity contribution in [3.8, 4) is 17.1 Å². The van der Waals surface area contributed by atoms with Crippen molar-refractivity contribution in [1.29, 1.82) is 0 Å². The van der Waals surface area contributed by atoms with Gasteiger partial charge < -0.3 is 9.64 Å². The molecule has 1 saturated heterocycles. The van der Waals surface area contributed by atoms with Gasteiger partial charge in [0.25, 0.3) is 0 Å². The third-order valence-electron chi connectivity index (χ3n) is 5.14. The Kier molecular flexibility index (Phi) is 5.99. The van der Waals surface area contributed by atoms with E-state index < -0.39 is 0 Å². The first-order chi connectivity index (χ1) is 14.1. The van der Waals surface area contributed by atoms with Gasteiger partial charge in [0, 0.05) is 18.7 Å². The van der Waals surface area contributed by atoms with Crippen LogP contribution in [0, 0.1) is 5.92 Å². The highest BCUT2D eigenvalue weighted by Gasteiger charge is 2.20. The van der Waals surface area contributed by atoms with Crippen molar-refractivity contribution in [2.75, 3.05) is 25.4 Å². The normalized spacial score (nSPS) is 15.0. The summed E-state index contributed by atoms with van der Waals surface area (Å²) < 4.78 is 7.22. The van der Waals surface area contributed by atoms with Crippen LogP contribution in [0.3, 0.4) is 0 Å². The fourth-order valence-corrected chi connectivity index (χ4v) is 4.14. The highest BCUT2D eigenvalue weighted by molar-refractivity contribution is 7.99. The van der Waals surface area contributed by atoms with E-state index in [4.69, 9.17) is 4.74 Å². The van der Waals surface area contributed by atoms with Gasteiger partial charge in [-0.05, 0) is 62.1 Å². The molecule has 3 aromatic rings. The molecule has 0 N–H and O–H groups in total. The number of carbonyl (C=O) groups is 1. The molecule has 0 saturated carbocycles. The number of amides is 1. The third kappa shape index (κ3) is 4.53. The maximum Gasteiger partial charge on any atom is 0.232 e. The van der Waals surface area contributed by atoms with Crippen LogP contribution in [-0.4, -0.2) is 56.1 Å². The number of hydrogen-bond acceptors (Lipinski definition) is 6. The van der Waals surface area contributed by atoms with Gasteiger partial charge in [-0.2, -0.15) is 9.61 Å². The van der Waals surface area contributed by atoms with Gasteiger partial charge in [-0.3, -0.25) is 4.79 Å². The summed E-state index contributed by atoms with van der Waals surface area (Å²) in [5.74, 6) is 2.78. The number of rotatable bonds is 6. The lowest BCUT2D eigenvalue weighted by Crippen LogP contribution is -2.38. The van der Waals surface area contributed by atoms with Crippen molar-refractivity contribution in [3.63, 3.8) is 0 Å². The van der Waals surface area contributed by atoms with Crippen LogP contribution in [0.25, 0.3) is 17.0 Å². The molecular weight excluding hydrogens is 386 g/mol. The summed E-state index contributed by atoms with van der Waals surface area (Å²) in [5.41, 5.74) is 1.59. The molecule has 0 radical (unpaired) electrons. The van der Waals surface area contributed by atoms with E-state index in [0.29, 0.717) is 29.7 Å². The number of hydrogen-bond donors (Lipinski definition) is 0. The highest BCUT2D eigenvalue weighted by Crippen LogP contribution is 2.24. The summed E-state index contributed by atoms with van der Waals surface area (Å²) in [6, 6.07) is 11.5. The molecule has 4 rings (SSSR count). The van der Waals surface area contributed by atoms with Crippen LogP contribution in [-0.2, 0) is 4.79 Å². The van der Waals surface area contributed by atoms with Gasteiger partial charge in [0.15, 0.2) is 11.5 Å². The summed E-state index contributed by atoms with van der Waals surface area (Å²) in [6.45, 7) is 6.56. The van der Waals surface area contributed by atoms with E-state index in [1.807, 2.05) is 48.2 Å². The summed E-state index contributed by atoms with van der Waals surface area (Å²) >= 11 is 1.46. The van der Waals surface area contributed by atoms with Crippen LogP contribution >= 0.6 is 11.8 Å². The van der Waals surface area contributed by atoms with Crippen LogP contribution in [0.5, 0.6) is 5.75 Å². The van der Waals surface area contributed by atoms with Crippen molar-refractivity contribution < 1.29 is 9.53 Å². The molecule has 0 bridgehead atoms. The zero-order valence-corrected chi connectivity index (χ0v) is 17.6. The van der Waals surface area contributed by atoms with Gasteiger partial charge in [-0.25, -0.2) is 0 Å². The Morgan fingerprint density at radius 1 is 1.14 bits per heavy atom. The minimum Gasteiger partial charge on any atom is -0.494 e. The van der Waals surface area contributed by atoms with Crippen LogP contribution in [0.2, 0.25) is 0 Å². The molecule has 0 spiro atoms. The molecule has 1 aliphatic rings. The van der Waals surface area contributed by atoms with Gasteiger partial charge in [0.1, 0.15) is 10.8 Å². The average molecular weight is 412 g/mol. The molecule has 0 atom stereocenters. The number of aromatic nitrogens is 4. The van der Waals surface area contributed by atoms with E-state index >= 15 is 0 Å². The molecule has 29 heavy (non-hydrogen) atoms. The van der Waals surface area contributed by atoms with Crippen molar-refractivity contribution in [2.45, 2.75) is 31.7 Å². The molecule has 2 aromatic heterocycles. The van der Waals surface area contributed by atoms with E-state index in [1.54, 1.807) is 4.52 Å². The molecule has 8 heteroatoms. The predicted molar refractivity (Wildman–Crippen MR) is 113 cm³/mol. The number of ether oxygens (including phenoxy) is 1. The number of nitrogens with zero attached hydrogens (tertiary/aromatic N) is 5. The number of benzene rings is 1. The number of thioether (sulfide) groups is 1. The summed E-state index contributed by atoms with van der Waals surface area (Å²) in [7, 11) is 0. The third-order valence-corrected chi connectivity index (χ3v) is 6.05. The first kappa shape index (κ1) is 19.7. The van der Waals surface area contributed by atoms with Crippen molar-refractivity contribution in [3.05, 3.63) is 36.4 Å². The van der Waals surface area contributed by atoms with E-state index in [1.165, 1.54) is 11.8 Å². The fourth-order valence-electron chi connectivity index (χ4n) is 3.38. The molecule has 0 aliphatic carbocycles. The second-order valence-electron chi connectivity index (χ2n) is 7.27. The van der Waals surface area contributed by atoms with Gasteiger partial charge in [-0.1, -0.05) is 18.7 Å². The maximum absolute atomic E-state index is 12.5. The Balaban J connectivity index is 1.47.